The number of benzene rings is 1. The van der Waals surface area contributed by atoms with Crippen molar-refractivity contribution in [3.05, 3.63) is 69.9 Å². The maximum Gasteiger partial charge on any atom is 0.318 e. The van der Waals surface area contributed by atoms with Crippen molar-refractivity contribution in [3.8, 4) is 10.8 Å². The minimum Gasteiger partial charge on any atom is -0.497 e. The van der Waals surface area contributed by atoms with E-state index in [1.54, 1.807) is 14.2 Å². The Kier molecular flexibility index (Phi) is 6.42. The summed E-state index contributed by atoms with van der Waals surface area (Å²) in [6.45, 7) is 1.83. The monoisotopic (exact) mass is 465 g/mol. The fraction of sp³-hybridized carbons (Fsp3) is 0.423. The van der Waals surface area contributed by atoms with Crippen molar-refractivity contribution in [1.29, 1.82) is 0 Å². The van der Waals surface area contributed by atoms with Crippen LogP contribution in [0.2, 0.25) is 0 Å². The van der Waals surface area contributed by atoms with E-state index < -0.39 is 0 Å². The van der Waals surface area contributed by atoms with Crippen LogP contribution < -0.4 is 10.1 Å². The molecule has 1 N–H and O–H groups in total. The van der Waals surface area contributed by atoms with E-state index >= 15 is 0 Å². The van der Waals surface area contributed by atoms with Crippen LogP contribution in [0, 0.1) is 0 Å². The fourth-order valence-corrected chi connectivity index (χ4v) is 6.44. The first-order valence-electron chi connectivity index (χ1n) is 11.7. The lowest BCUT2D eigenvalue weighted by Gasteiger charge is -2.31. The number of carbonyl (C=O) groups excluding carboxylic acids is 1. The summed E-state index contributed by atoms with van der Waals surface area (Å²) in [7, 11) is 3.36. The molecule has 0 spiro atoms. The first-order chi connectivity index (χ1) is 16.2. The number of rotatable bonds is 6. The highest BCUT2D eigenvalue weighted by Crippen LogP contribution is 2.44. The van der Waals surface area contributed by atoms with Crippen LogP contribution in [0.4, 0.5) is 4.79 Å². The van der Waals surface area contributed by atoms with Crippen LogP contribution in [0.1, 0.15) is 52.6 Å². The molecule has 3 aromatic rings. The van der Waals surface area contributed by atoms with Gasteiger partial charge >= 0.3 is 6.03 Å². The van der Waals surface area contributed by atoms with Crippen molar-refractivity contribution in [2.45, 2.75) is 44.7 Å². The number of urea groups is 1. The summed E-state index contributed by atoms with van der Waals surface area (Å²) < 4.78 is 12.8. The predicted octanol–water partition coefficient (Wildman–Crippen LogP) is 5.08. The van der Waals surface area contributed by atoms with Gasteiger partial charge in [0.2, 0.25) is 0 Å². The van der Waals surface area contributed by atoms with Crippen LogP contribution in [-0.4, -0.2) is 42.9 Å². The lowest BCUT2D eigenvalue weighted by molar-refractivity contribution is 0.174. The molecular weight excluding hydrogens is 434 g/mol. The molecule has 3 heterocycles. The summed E-state index contributed by atoms with van der Waals surface area (Å²) >= 11 is 1.91. The Bertz CT molecular complexity index is 1120. The topological polar surface area (TPSA) is 55.7 Å². The van der Waals surface area contributed by atoms with Crippen molar-refractivity contribution in [2.24, 2.45) is 0 Å². The molecular formula is C26H31N3O3S. The highest BCUT2D eigenvalue weighted by Gasteiger charge is 2.35. The number of amides is 2. The van der Waals surface area contributed by atoms with E-state index in [0.29, 0.717) is 19.7 Å². The summed E-state index contributed by atoms with van der Waals surface area (Å²) in [6, 6.07) is 12.1. The number of aromatic nitrogens is 1. The Labute approximate surface area is 199 Å². The first-order valence-corrected chi connectivity index (χ1v) is 12.5. The number of thiophene rings is 1. The lowest BCUT2D eigenvalue weighted by atomic mass is 9.95. The van der Waals surface area contributed by atoms with Gasteiger partial charge in [-0.05, 0) is 67.5 Å². The summed E-state index contributed by atoms with van der Waals surface area (Å²) in [5, 5.41) is 4.41. The largest absolute Gasteiger partial charge is 0.497 e. The van der Waals surface area contributed by atoms with Gasteiger partial charge in [0.25, 0.3) is 0 Å². The average molecular weight is 466 g/mol. The molecule has 0 bridgehead atoms. The molecule has 33 heavy (non-hydrogen) atoms. The summed E-state index contributed by atoms with van der Waals surface area (Å²) in [6.07, 6.45) is 7.66. The molecule has 174 valence electrons. The van der Waals surface area contributed by atoms with Crippen molar-refractivity contribution in [1.82, 2.24) is 14.8 Å². The minimum absolute atomic E-state index is 0.0386. The standard InChI is InChI=1S/C26H31N3O3S/c1-31-16-6-14-27-26(30)29-17-21-20-7-3-4-9-23(20)33-25(21)28-15-5-8-22(28)24(29)18-10-12-19(32-2)13-11-18/h5,8,10-13,15,24H,3-4,6-7,9,14,16-17H2,1-2H3,(H,27,30)/t24-/m0/s1. The number of methoxy groups -OCH3 is 2. The van der Waals surface area contributed by atoms with E-state index in [0.717, 1.165) is 36.3 Å². The van der Waals surface area contributed by atoms with E-state index in [2.05, 4.69) is 40.3 Å². The zero-order chi connectivity index (χ0) is 22.8. The lowest BCUT2D eigenvalue weighted by Crippen LogP contribution is -2.42. The highest BCUT2D eigenvalue weighted by molar-refractivity contribution is 7.15. The molecule has 0 unspecified atom stereocenters. The van der Waals surface area contributed by atoms with Crippen molar-refractivity contribution in [2.75, 3.05) is 27.4 Å². The van der Waals surface area contributed by atoms with Crippen LogP contribution in [0.3, 0.4) is 0 Å². The molecule has 0 radical (unpaired) electrons. The second kappa shape index (κ2) is 9.61. The van der Waals surface area contributed by atoms with Gasteiger partial charge in [0.1, 0.15) is 10.8 Å². The van der Waals surface area contributed by atoms with E-state index in [4.69, 9.17) is 9.47 Å². The Morgan fingerprint density at radius 2 is 1.94 bits per heavy atom. The van der Waals surface area contributed by atoms with Gasteiger partial charge in [-0.1, -0.05) is 12.1 Å². The molecule has 1 aromatic carbocycles. The van der Waals surface area contributed by atoms with E-state index in [1.807, 2.05) is 28.4 Å². The van der Waals surface area contributed by atoms with Crippen LogP contribution in [0.15, 0.2) is 42.6 Å². The van der Waals surface area contributed by atoms with Crippen LogP contribution in [0.5, 0.6) is 5.75 Å². The Morgan fingerprint density at radius 3 is 2.73 bits per heavy atom. The van der Waals surface area contributed by atoms with Crippen molar-refractivity contribution in [3.63, 3.8) is 0 Å². The van der Waals surface area contributed by atoms with Crippen LogP contribution in [0.25, 0.3) is 5.00 Å². The Hall–Kier alpha value is -2.77. The maximum atomic E-state index is 13.6. The van der Waals surface area contributed by atoms with Gasteiger partial charge in [-0.25, -0.2) is 4.79 Å². The number of carbonyl (C=O) groups is 1. The third kappa shape index (κ3) is 4.15. The molecule has 1 aliphatic carbocycles. The summed E-state index contributed by atoms with van der Waals surface area (Å²) in [5.41, 5.74) is 4.97. The SMILES string of the molecule is COCCCNC(=O)N1Cc2c(sc3c2CCCC3)-n2cccc2[C@@H]1c1ccc(OC)cc1. The maximum absolute atomic E-state index is 13.6. The molecule has 5 rings (SSSR count). The number of fused-ring (bicyclic) bond motifs is 5. The third-order valence-electron chi connectivity index (χ3n) is 6.67. The molecule has 2 aromatic heterocycles. The second-order valence-electron chi connectivity index (χ2n) is 8.68. The van der Waals surface area contributed by atoms with Gasteiger partial charge in [-0.15, -0.1) is 11.3 Å². The van der Waals surface area contributed by atoms with Gasteiger partial charge in [0.05, 0.1) is 25.4 Å². The normalized spacial score (nSPS) is 17.0. The highest BCUT2D eigenvalue weighted by atomic mass is 32.1. The zero-order valence-corrected chi connectivity index (χ0v) is 20.1. The van der Waals surface area contributed by atoms with Gasteiger partial charge in [0.15, 0.2) is 0 Å². The third-order valence-corrected chi connectivity index (χ3v) is 8.01. The number of ether oxygens (including phenoxy) is 2. The molecule has 0 saturated carbocycles. The van der Waals surface area contributed by atoms with Crippen LogP contribution in [-0.2, 0) is 24.1 Å². The molecule has 7 heteroatoms. The van der Waals surface area contributed by atoms with Crippen molar-refractivity contribution >= 4 is 17.4 Å². The van der Waals surface area contributed by atoms with Gasteiger partial charge in [-0.2, -0.15) is 0 Å². The van der Waals surface area contributed by atoms with E-state index in [-0.39, 0.29) is 12.1 Å². The van der Waals surface area contributed by atoms with E-state index in [1.165, 1.54) is 33.8 Å². The molecule has 6 nitrogen and oxygen atoms in total. The summed E-state index contributed by atoms with van der Waals surface area (Å²) in [5.74, 6) is 0.812. The second-order valence-corrected chi connectivity index (χ2v) is 9.76. The number of hydrogen-bond donors (Lipinski definition) is 1. The number of nitrogens with zero attached hydrogens (tertiary/aromatic N) is 2. The first kappa shape index (κ1) is 22.0. The van der Waals surface area contributed by atoms with Gasteiger partial charge < -0.3 is 24.3 Å². The molecule has 1 atom stereocenters. The van der Waals surface area contributed by atoms with Crippen molar-refractivity contribution < 1.29 is 14.3 Å². The smallest absolute Gasteiger partial charge is 0.318 e. The van der Waals surface area contributed by atoms with E-state index in [9.17, 15) is 4.79 Å². The molecule has 0 saturated heterocycles. The predicted molar refractivity (Wildman–Crippen MR) is 131 cm³/mol. The fourth-order valence-electron chi connectivity index (χ4n) is 5.04. The molecule has 2 amide bonds. The van der Waals surface area contributed by atoms with Crippen LogP contribution >= 0.6 is 11.3 Å². The number of aryl methyl sites for hydroxylation is 1. The van der Waals surface area contributed by atoms with Gasteiger partial charge in [0, 0.05) is 36.9 Å². The molecule has 0 fully saturated rings. The quantitative estimate of drug-likeness (QED) is 0.517. The van der Waals surface area contributed by atoms with Gasteiger partial charge in [-0.3, -0.25) is 0 Å². The average Bonchev–Trinajstić information content (AvgIpc) is 3.44. The number of hydrogen-bond acceptors (Lipinski definition) is 4. The number of nitrogens with one attached hydrogen (secondary N) is 1. The minimum atomic E-state index is -0.188. The summed E-state index contributed by atoms with van der Waals surface area (Å²) in [4.78, 5) is 17.1. The Morgan fingerprint density at radius 1 is 1.12 bits per heavy atom. The molecule has 2 aliphatic rings. The zero-order valence-electron chi connectivity index (χ0n) is 19.3. The Balaban J connectivity index is 1.58. The molecule has 1 aliphatic heterocycles.